The van der Waals surface area contributed by atoms with E-state index in [4.69, 9.17) is 14.2 Å². The molecule has 124 valence electrons. The number of nitrogens with zero attached hydrogens (tertiary/aromatic N) is 1. The molecule has 0 aliphatic carbocycles. The van der Waals surface area contributed by atoms with Crippen LogP contribution in [0.1, 0.15) is 41.5 Å². The van der Waals surface area contributed by atoms with Crippen molar-refractivity contribution >= 4 is 34.8 Å². The molecule has 0 heterocycles. The Bertz CT molecular complexity index is 318. The van der Waals surface area contributed by atoms with Crippen molar-refractivity contribution in [3.8, 4) is 0 Å². The van der Waals surface area contributed by atoms with Crippen molar-refractivity contribution in [3.63, 3.8) is 0 Å². The molecule has 0 fully saturated rings. The number of amides is 2. The van der Waals surface area contributed by atoms with Crippen LogP contribution in [0.2, 0.25) is 0 Å². The van der Waals surface area contributed by atoms with Crippen LogP contribution in [0.4, 0.5) is 9.59 Å². The van der Waals surface area contributed by atoms with Crippen molar-refractivity contribution in [3.05, 3.63) is 0 Å². The van der Waals surface area contributed by atoms with Crippen LogP contribution in [0.25, 0.3) is 0 Å². The Labute approximate surface area is 140 Å². The topological polar surface area (TPSA) is 65.1 Å². The summed E-state index contributed by atoms with van der Waals surface area (Å²) in [4.78, 5) is 25.1. The van der Waals surface area contributed by atoms with Crippen LogP contribution in [0, 0.1) is 0 Å². The molecular weight excluding hydrogens is 389 g/mol. The van der Waals surface area contributed by atoms with Gasteiger partial charge in [0, 0.05) is 4.43 Å². The van der Waals surface area contributed by atoms with Crippen LogP contribution in [0.15, 0.2) is 0 Å². The molecule has 0 atom stereocenters. The van der Waals surface area contributed by atoms with E-state index in [1.807, 2.05) is 0 Å². The van der Waals surface area contributed by atoms with Gasteiger partial charge in [0.05, 0.1) is 19.8 Å². The second-order valence-corrected chi connectivity index (χ2v) is 7.49. The van der Waals surface area contributed by atoms with Crippen LogP contribution in [0.3, 0.4) is 0 Å². The second kappa shape index (κ2) is 8.77. The molecule has 0 aromatic heterocycles. The number of imide groups is 1. The minimum Gasteiger partial charge on any atom is -0.443 e. The molecule has 0 saturated carbocycles. The SMILES string of the molecule is CC(C)(C)OC(=O)N(CCOCCI)C(=O)OC(C)(C)C. The summed E-state index contributed by atoms with van der Waals surface area (Å²) < 4.78 is 16.6. The summed E-state index contributed by atoms with van der Waals surface area (Å²) in [7, 11) is 0. The fraction of sp³-hybridized carbons (Fsp3) is 0.857. The number of halogens is 1. The fourth-order valence-corrected chi connectivity index (χ4v) is 1.52. The molecule has 21 heavy (non-hydrogen) atoms. The largest absolute Gasteiger partial charge is 0.443 e. The zero-order valence-electron chi connectivity index (χ0n) is 13.7. The van der Waals surface area contributed by atoms with Gasteiger partial charge in [0.25, 0.3) is 0 Å². The number of rotatable bonds is 5. The van der Waals surface area contributed by atoms with Crippen molar-refractivity contribution < 1.29 is 23.8 Å². The molecule has 7 heteroatoms. The van der Waals surface area contributed by atoms with Crippen molar-refractivity contribution in [2.45, 2.75) is 52.7 Å². The van der Waals surface area contributed by atoms with Crippen LogP contribution in [-0.4, -0.2) is 52.5 Å². The predicted molar refractivity (Wildman–Crippen MR) is 88.9 cm³/mol. The zero-order valence-corrected chi connectivity index (χ0v) is 15.9. The highest BCUT2D eigenvalue weighted by Gasteiger charge is 2.30. The molecule has 6 nitrogen and oxygen atoms in total. The maximum atomic E-state index is 12.1. The summed E-state index contributed by atoms with van der Waals surface area (Å²) in [5.74, 6) is 0. The Morgan fingerprint density at radius 2 is 1.33 bits per heavy atom. The van der Waals surface area contributed by atoms with Crippen LogP contribution >= 0.6 is 22.6 Å². The normalized spacial score (nSPS) is 12.0. The van der Waals surface area contributed by atoms with Crippen molar-refractivity contribution in [2.24, 2.45) is 0 Å². The minimum absolute atomic E-state index is 0.0977. The number of ether oxygens (including phenoxy) is 3. The maximum Gasteiger partial charge on any atom is 0.419 e. The third-order valence-corrected chi connectivity index (χ3v) is 2.35. The van der Waals surface area contributed by atoms with E-state index >= 15 is 0 Å². The van der Waals surface area contributed by atoms with Crippen molar-refractivity contribution in [1.82, 2.24) is 4.90 Å². The number of carbonyl (C=O) groups excluding carboxylic acids is 2. The number of carbonyl (C=O) groups is 2. The highest BCUT2D eigenvalue weighted by atomic mass is 127. The Kier molecular flexibility index (Phi) is 8.53. The maximum absolute atomic E-state index is 12.1. The van der Waals surface area contributed by atoms with Gasteiger partial charge in [-0.2, -0.15) is 0 Å². The van der Waals surface area contributed by atoms with Gasteiger partial charge in [0.15, 0.2) is 0 Å². The second-order valence-electron chi connectivity index (χ2n) is 6.41. The van der Waals surface area contributed by atoms with Gasteiger partial charge in [-0.05, 0) is 41.5 Å². The molecule has 0 aliphatic rings. The summed E-state index contributed by atoms with van der Waals surface area (Å²) in [6.45, 7) is 11.4. The van der Waals surface area contributed by atoms with Crippen LogP contribution in [-0.2, 0) is 14.2 Å². The first-order chi connectivity index (χ1) is 9.46. The zero-order chi connectivity index (χ0) is 16.7. The van der Waals surface area contributed by atoms with E-state index < -0.39 is 23.4 Å². The van der Waals surface area contributed by atoms with Gasteiger partial charge in [-0.1, -0.05) is 22.6 Å². The van der Waals surface area contributed by atoms with E-state index in [0.29, 0.717) is 6.61 Å². The number of hydrogen-bond acceptors (Lipinski definition) is 5. The van der Waals surface area contributed by atoms with Gasteiger partial charge in [-0.15, -0.1) is 0 Å². The molecule has 0 unspecified atom stereocenters. The van der Waals surface area contributed by atoms with E-state index in [2.05, 4.69) is 22.6 Å². The minimum atomic E-state index is -0.727. The standard InChI is InChI=1S/C14H26INO5/c1-13(2,3)20-11(17)16(8-10-19-9-7-15)12(18)21-14(4,5)6/h7-10H2,1-6H3. The quantitative estimate of drug-likeness (QED) is 0.390. The van der Waals surface area contributed by atoms with Gasteiger partial charge in [0.2, 0.25) is 0 Å². The van der Waals surface area contributed by atoms with Gasteiger partial charge < -0.3 is 14.2 Å². The summed E-state index contributed by atoms with van der Waals surface area (Å²) >= 11 is 2.19. The van der Waals surface area contributed by atoms with Crippen molar-refractivity contribution in [2.75, 3.05) is 24.2 Å². The summed E-state index contributed by atoms with van der Waals surface area (Å²) in [5, 5.41) is 0. The first-order valence-corrected chi connectivity index (χ1v) is 8.36. The molecule has 0 aliphatic heterocycles. The highest BCUT2D eigenvalue weighted by Crippen LogP contribution is 2.14. The third kappa shape index (κ3) is 10.8. The number of alkyl halides is 1. The predicted octanol–water partition coefficient (Wildman–Crippen LogP) is 3.61. The first kappa shape index (κ1) is 20.4. The summed E-state index contributed by atoms with van der Waals surface area (Å²) in [6, 6.07) is 0. The molecule has 0 N–H and O–H groups in total. The van der Waals surface area contributed by atoms with Gasteiger partial charge in [-0.3, -0.25) is 0 Å². The molecule has 0 bridgehead atoms. The first-order valence-electron chi connectivity index (χ1n) is 6.83. The Morgan fingerprint density at radius 1 is 0.905 bits per heavy atom. The Morgan fingerprint density at radius 3 is 1.67 bits per heavy atom. The van der Waals surface area contributed by atoms with Gasteiger partial charge in [0.1, 0.15) is 11.2 Å². The average molecular weight is 415 g/mol. The van der Waals surface area contributed by atoms with Crippen LogP contribution < -0.4 is 0 Å². The van der Waals surface area contributed by atoms with Gasteiger partial charge in [-0.25, -0.2) is 14.5 Å². The lowest BCUT2D eigenvalue weighted by atomic mass is 10.2. The molecule has 0 saturated heterocycles. The monoisotopic (exact) mass is 415 g/mol. The van der Waals surface area contributed by atoms with Crippen molar-refractivity contribution in [1.29, 1.82) is 0 Å². The van der Waals surface area contributed by atoms with E-state index in [-0.39, 0.29) is 13.2 Å². The molecule has 0 spiro atoms. The number of hydrogen-bond donors (Lipinski definition) is 0. The molecular formula is C14H26INO5. The molecule has 2 amide bonds. The van der Waals surface area contributed by atoms with E-state index in [1.54, 1.807) is 41.5 Å². The van der Waals surface area contributed by atoms with E-state index in [9.17, 15) is 9.59 Å². The molecule has 0 radical (unpaired) electrons. The van der Waals surface area contributed by atoms with E-state index in [0.717, 1.165) is 9.33 Å². The molecule has 0 rings (SSSR count). The highest BCUT2D eigenvalue weighted by molar-refractivity contribution is 14.1. The summed E-state index contributed by atoms with van der Waals surface area (Å²) in [6.07, 6.45) is -1.45. The lowest BCUT2D eigenvalue weighted by Gasteiger charge is -2.28. The van der Waals surface area contributed by atoms with Crippen LogP contribution in [0.5, 0.6) is 0 Å². The Balaban J connectivity index is 4.75. The Hall–Kier alpha value is -0.570. The lowest BCUT2D eigenvalue weighted by molar-refractivity contribution is -0.00403. The third-order valence-electron chi connectivity index (χ3n) is 1.91. The fourth-order valence-electron chi connectivity index (χ4n) is 1.20. The summed E-state index contributed by atoms with van der Waals surface area (Å²) in [5.41, 5.74) is -1.36. The van der Waals surface area contributed by atoms with E-state index in [1.165, 1.54) is 0 Å². The average Bonchev–Trinajstić information content (AvgIpc) is 2.23. The smallest absolute Gasteiger partial charge is 0.419 e. The lowest BCUT2D eigenvalue weighted by Crippen LogP contribution is -2.45. The molecule has 0 aromatic carbocycles. The molecule has 0 aromatic rings. The van der Waals surface area contributed by atoms with Gasteiger partial charge >= 0.3 is 12.2 Å².